The van der Waals surface area contributed by atoms with Crippen molar-refractivity contribution >= 4 is 17.2 Å². The smallest absolute Gasteiger partial charge is 0.248 e. The minimum absolute atomic E-state index is 0.132. The van der Waals surface area contributed by atoms with Crippen LogP contribution in [0, 0.1) is 18.3 Å². The number of carbonyl (C=O) groups is 1. The van der Waals surface area contributed by atoms with Gasteiger partial charge in [-0.2, -0.15) is 11.3 Å². The molecule has 23 heavy (non-hydrogen) atoms. The van der Waals surface area contributed by atoms with E-state index in [1.165, 1.54) is 0 Å². The van der Waals surface area contributed by atoms with Crippen molar-refractivity contribution in [3.8, 4) is 0 Å². The first-order valence-corrected chi connectivity index (χ1v) is 8.70. The molecule has 1 heterocycles. The van der Waals surface area contributed by atoms with Gasteiger partial charge < -0.3 is 5.11 Å². The molecule has 2 rings (SSSR count). The molecule has 1 radical (unpaired) electrons. The van der Waals surface area contributed by atoms with Crippen LogP contribution in [-0.2, 0) is 11.2 Å². The summed E-state index contributed by atoms with van der Waals surface area (Å²) in [7, 11) is 0. The zero-order valence-corrected chi connectivity index (χ0v) is 13.6. The lowest BCUT2D eigenvalue weighted by molar-refractivity contribution is -0.138. The first kappa shape index (κ1) is 18.3. The molecule has 1 fully saturated rings. The maximum absolute atomic E-state index is 13.3. The zero-order valence-electron chi connectivity index (χ0n) is 12.8. The maximum Gasteiger partial charge on any atom is 0.248 e. The lowest BCUT2D eigenvalue weighted by Gasteiger charge is -2.33. The third-order valence-corrected chi connectivity index (χ3v) is 5.21. The van der Waals surface area contributed by atoms with E-state index in [1.54, 1.807) is 23.2 Å². The Morgan fingerprint density at radius 2 is 2.17 bits per heavy atom. The fourth-order valence-electron chi connectivity index (χ4n) is 3.10. The highest BCUT2D eigenvalue weighted by Crippen LogP contribution is 2.40. The number of amides is 1. The van der Waals surface area contributed by atoms with Crippen molar-refractivity contribution in [2.24, 2.45) is 11.8 Å². The largest absolute Gasteiger partial charge is 0.393 e. The van der Waals surface area contributed by atoms with E-state index in [1.807, 2.05) is 16.8 Å². The molecule has 1 amide bonds. The molecular formula is C16H22F2NO3S. The van der Waals surface area contributed by atoms with Gasteiger partial charge in [-0.3, -0.25) is 10.0 Å². The quantitative estimate of drug-likeness (QED) is 0.524. The predicted octanol–water partition coefficient (Wildman–Crippen LogP) is 3.19. The fraction of sp³-hybridized carbons (Fsp3) is 0.625. The van der Waals surface area contributed by atoms with Crippen molar-refractivity contribution < 1.29 is 23.9 Å². The van der Waals surface area contributed by atoms with Gasteiger partial charge in [0.25, 0.3) is 0 Å². The number of hydrogen-bond donors (Lipinski definition) is 3. The van der Waals surface area contributed by atoms with E-state index in [-0.39, 0.29) is 38.0 Å². The van der Waals surface area contributed by atoms with Crippen LogP contribution >= 0.6 is 11.3 Å². The van der Waals surface area contributed by atoms with Gasteiger partial charge in [-0.15, -0.1) is 0 Å². The number of hydrogen-bond acceptors (Lipinski definition) is 4. The van der Waals surface area contributed by atoms with E-state index in [0.717, 1.165) is 5.56 Å². The normalized spacial score (nSPS) is 20.9. The van der Waals surface area contributed by atoms with Crippen LogP contribution in [0.15, 0.2) is 16.8 Å². The predicted molar refractivity (Wildman–Crippen MR) is 83.3 cm³/mol. The van der Waals surface area contributed by atoms with Crippen LogP contribution in [0.25, 0.3) is 0 Å². The van der Waals surface area contributed by atoms with Crippen molar-refractivity contribution in [1.82, 2.24) is 5.48 Å². The van der Waals surface area contributed by atoms with E-state index in [9.17, 15) is 18.7 Å². The fourth-order valence-corrected chi connectivity index (χ4v) is 3.78. The molecule has 0 saturated heterocycles. The first-order chi connectivity index (χ1) is 10.9. The van der Waals surface area contributed by atoms with Crippen molar-refractivity contribution in [2.45, 2.75) is 50.6 Å². The van der Waals surface area contributed by atoms with E-state index in [0.29, 0.717) is 6.42 Å². The zero-order chi connectivity index (χ0) is 16.9. The van der Waals surface area contributed by atoms with Crippen molar-refractivity contribution in [2.75, 3.05) is 0 Å². The molecule has 3 N–H and O–H groups in total. The van der Waals surface area contributed by atoms with Crippen LogP contribution < -0.4 is 5.48 Å². The van der Waals surface area contributed by atoms with Gasteiger partial charge in [0.15, 0.2) is 0 Å². The molecule has 2 unspecified atom stereocenters. The second kappa shape index (κ2) is 8.17. The molecule has 0 bridgehead atoms. The molecule has 129 valence electrons. The molecule has 2 atom stereocenters. The van der Waals surface area contributed by atoms with Crippen LogP contribution in [0.3, 0.4) is 0 Å². The lowest BCUT2D eigenvalue weighted by Crippen LogP contribution is -2.38. The van der Waals surface area contributed by atoms with Crippen molar-refractivity contribution in [1.29, 1.82) is 0 Å². The summed E-state index contributed by atoms with van der Waals surface area (Å²) in [5.74, 6) is -4.18. The van der Waals surface area contributed by atoms with Crippen molar-refractivity contribution in [3.05, 3.63) is 28.8 Å². The highest BCUT2D eigenvalue weighted by atomic mass is 32.1. The van der Waals surface area contributed by atoms with Crippen molar-refractivity contribution in [3.63, 3.8) is 0 Å². The molecule has 7 heteroatoms. The SMILES string of the molecule is O=C(NO)C(CC(O)[CH]Cc1ccsc1)C1CCC(F)(F)CC1. The molecule has 4 nitrogen and oxygen atoms in total. The Hall–Kier alpha value is -1.05. The number of nitrogens with one attached hydrogen (secondary N) is 1. The summed E-state index contributed by atoms with van der Waals surface area (Å²) in [5.41, 5.74) is 2.69. The van der Waals surface area contributed by atoms with Gasteiger partial charge in [0.1, 0.15) is 0 Å². The Bertz CT molecular complexity index is 486. The van der Waals surface area contributed by atoms with Gasteiger partial charge in [0.05, 0.1) is 6.10 Å². The maximum atomic E-state index is 13.3. The van der Waals surface area contributed by atoms with E-state index < -0.39 is 23.9 Å². The number of hydroxylamine groups is 1. The third kappa shape index (κ3) is 5.51. The van der Waals surface area contributed by atoms with Gasteiger partial charge in [-0.05, 0) is 60.4 Å². The molecule has 0 aliphatic heterocycles. The van der Waals surface area contributed by atoms with E-state index in [2.05, 4.69) is 0 Å². The number of carbonyl (C=O) groups excluding carboxylic acids is 1. The van der Waals surface area contributed by atoms with Crippen LogP contribution in [-0.4, -0.2) is 28.2 Å². The molecule has 1 aliphatic carbocycles. The Labute approximate surface area is 138 Å². The summed E-state index contributed by atoms with van der Waals surface area (Å²) in [6.07, 6.45) is 1.55. The Morgan fingerprint density at radius 3 is 2.74 bits per heavy atom. The molecule has 1 saturated carbocycles. The highest BCUT2D eigenvalue weighted by molar-refractivity contribution is 7.07. The molecular weight excluding hydrogens is 324 g/mol. The number of thiophene rings is 1. The Morgan fingerprint density at radius 1 is 1.48 bits per heavy atom. The number of rotatable bonds is 7. The summed E-state index contributed by atoms with van der Waals surface area (Å²) < 4.78 is 26.5. The van der Waals surface area contributed by atoms with Crippen LogP contribution in [0.5, 0.6) is 0 Å². The van der Waals surface area contributed by atoms with Gasteiger partial charge in [-0.1, -0.05) is 0 Å². The Kier molecular flexibility index (Phi) is 6.50. The summed E-state index contributed by atoms with van der Waals surface area (Å²) in [5, 5.41) is 22.9. The van der Waals surface area contributed by atoms with Crippen LogP contribution in [0.4, 0.5) is 8.78 Å². The standard InChI is InChI=1S/C16H22F2NO3S/c17-16(18)6-3-12(4-7-16)14(15(21)19-22)9-13(20)2-1-11-5-8-23-10-11/h2,5,8,10,12-14,20,22H,1,3-4,6-7,9H2,(H,19,21). The monoisotopic (exact) mass is 346 g/mol. The topological polar surface area (TPSA) is 69.6 Å². The second-order valence-corrected chi connectivity index (χ2v) is 6.93. The summed E-state index contributed by atoms with van der Waals surface area (Å²) in [6, 6.07) is 1.95. The Balaban J connectivity index is 1.89. The molecule has 1 aromatic rings. The summed E-state index contributed by atoms with van der Waals surface area (Å²) in [6.45, 7) is 0. The third-order valence-electron chi connectivity index (χ3n) is 4.48. The summed E-state index contributed by atoms with van der Waals surface area (Å²) >= 11 is 1.57. The second-order valence-electron chi connectivity index (χ2n) is 6.15. The average Bonchev–Trinajstić information content (AvgIpc) is 3.04. The summed E-state index contributed by atoms with van der Waals surface area (Å²) in [4.78, 5) is 11.9. The van der Waals surface area contributed by atoms with Gasteiger partial charge in [-0.25, -0.2) is 14.3 Å². The first-order valence-electron chi connectivity index (χ1n) is 7.75. The number of alkyl halides is 2. The van der Waals surface area contributed by atoms with Gasteiger partial charge in [0.2, 0.25) is 11.8 Å². The van der Waals surface area contributed by atoms with Crippen LogP contribution in [0.2, 0.25) is 0 Å². The van der Waals surface area contributed by atoms with Crippen LogP contribution in [0.1, 0.15) is 37.7 Å². The van der Waals surface area contributed by atoms with E-state index >= 15 is 0 Å². The minimum atomic E-state index is -2.67. The molecule has 0 spiro atoms. The minimum Gasteiger partial charge on any atom is -0.393 e. The molecule has 1 aliphatic rings. The average molecular weight is 346 g/mol. The number of halogens is 2. The van der Waals surface area contributed by atoms with E-state index in [4.69, 9.17) is 5.21 Å². The highest BCUT2D eigenvalue weighted by Gasteiger charge is 2.40. The lowest BCUT2D eigenvalue weighted by atomic mass is 9.75. The van der Waals surface area contributed by atoms with Gasteiger partial charge >= 0.3 is 0 Å². The molecule has 1 aromatic heterocycles. The number of aliphatic hydroxyl groups is 1. The molecule has 0 aromatic carbocycles. The number of aliphatic hydroxyl groups excluding tert-OH is 1. The van der Waals surface area contributed by atoms with Gasteiger partial charge in [0, 0.05) is 18.8 Å².